The lowest BCUT2D eigenvalue weighted by Gasteiger charge is -2.16. The normalized spacial score (nSPS) is 10.8. The molecule has 0 amide bonds. The van der Waals surface area contributed by atoms with Crippen molar-refractivity contribution in [2.45, 2.75) is 26.9 Å². The van der Waals surface area contributed by atoms with E-state index in [4.69, 9.17) is 10.5 Å². The lowest BCUT2D eigenvalue weighted by atomic mass is 10.2. The maximum Gasteiger partial charge on any atom is 0.355 e. The molecule has 0 aliphatic rings. The maximum atomic E-state index is 12.8. The number of ketones is 1. The number of carbonyl (C=O) groups is 2. The fourth-order valence-corrected chi connectivity index (χ4v) is 3.27. The molecule has 0 atom stereocenters. The molecule has 3 aromatic rings. The van der Waals surface area contributed by atoms with Crippen molar-refractivity contribution in [1.29, 1.82) is 0 Å². The Labute approximate surface area is 178 Å². The second kappa shape index (κ2) is 8.86. The molecule has 0 spiro atoms. The van der Waals surface area contributed by atoms with Gasteiger partial charge in [0.05, 0.1) is 6.54 Å². The minimum atomic E-state index is -0.801. The topological polar surface area (TPSA) is 118 Å². The SMILES string of the molecule is CCn1c(=O)c(C(=O)COC(=O)c2ccc(C)n2C)c(N)n(Cc2ccccc2)c1=O. The van der Waals surface area contributed by atoms with Crippen LogP contribution in [0.4, 0.5) is 5.82 Å². The van der Waals surface area contributed by atoms with Gasteiger partial charge in [0, 0.05) is 19.3 Å². The highest BCUT2D eigenvalue weighted by Crippen LogP contribution is 2.11. The van der Waals surface area contributed by atoms with Gasteiger partial charge in [-0.1, -0.05) is 30.3 Å². The summed E-state index contributed by atoms with van der Waals surface area (Å²) in [6, 6.07) is 12.4. The first-order chi connectivity index (χ1) is 14.8. The first-order valence-corrected chi connectivity index (χ1v) is 9.75. The van der Waals surface area contributed by atoms with Crippen LogP contribution in [0.5, 0.6) is 0 Å². The minimum absolute atomic E-state index is 0.0649. The Morgan fingerprint density at radius 1 is 1.03 bits per heavy atom. The molecule has 9 nitrogen and oxygen atoms in total. The van der Waals surface area contributed by atoms with Crippen molar-refractivity contribution in [3.05, 3.63) is 85.8 Å². The molecule has 0 saturated carbocycles. The second-order valence-corrected chi connectivity index (χ2v) is 7.08. The first kappa shape index (κ1) is 21.8. The number of ether oxygens (including phenoxy) is 1. The molecule has 9 heteroatoms. The Bertz CT molecular complexity index is 1250. The summed E-state index contributed by atoms with van der Waals surface area (Å²) in [7, 11) is 1.70. The number of aromatic nitrogens is 3. The highest BCUT2D eigenvalue weighted by Gasteiger charge is 2.24. The van der Waals surface area contributed by atoms with Crippen LogP contribution in [0.1, 0.15) is 39.0 Å². The van der Waals surface area contributed by atoms with Crippen LogP contribution in [0.2, 0.25) is 0 Å². The zero-order chi connectivity index (χ0) is 22.7. The van der Waals surface area contributed by atoms with Crippen LogP contribution in [0.15, 0.2) is 52.1 Å². The van der Waals surface area contributed by atoms with Gasteiger partial charge in [0.15, 0.2) is 6.61 Å². The standard InChI is InChI=1S/C22H24N4O5/c1-4-25-20(28)18(17(27)13-31-21(29)16-11-10-14(2)24(16)3)19(23)26(22(25)30)12-15-8-6-5-7-9-15/h5-11H,4,12-13,23H2,1-3H3. The van der Waals surface area contributed by atoms with E-state index < -0.39 is 29.6 Å². The number of esters is 1. The summed E-state index contributed by atoms with van der Waals surface area (Å²) in [5, 5.41) is 0. The zero-order valence-electron chi connectivity index (χ0n) is 17.6. The number of hydrogen-bond acceptors (Lipinski definition) is 6. The van der Waals surface area contributed by atoms with E-state index in [9.17, 15) is 19.2 Å². The summed E-state index contributed by atoms with van der Waals surface area (Å²) in [4.78, 5) is 50.6. The molecule has 0 unspecified atom stereocenters. The summed E-state index contributed by atoms with van der Waals surface area (Å²) in [5.74, 6) is -1.72. The minimum Gasteiger partial charge on any atom is -0.453 e. The molecule has 0 bridgehead atoms. The van der Waals surface area contributed by atoms with Crippen molar-refractivity contribution in [3.8, 4) is 0 Å². The number of carbonyl (C=O) groups excluding carboxylic acids is 2. The van der Waals surface area contributed by atoms with Crippen molar-refractivity contribution < 1.29 is 14.3 Å². The van der Waals surface area contributed by atoms with Crippen molar-refractivity contribution in [2.24, 2.45) is 7.05 Å². The molecule has 2 heterocycles. The Balaban J connectivity index is 1.94. The predicted molar refractivity (Wildman–Crippen MR) is 115 cm³/mol. The Kier molecular flexibility index (Phi) is 6.24. The molecule has 2 aromatic heterocycles. The lowest BCUT2D eigenvalue weighted by molar-refractivity contribution is 0.0464. The Morgan fingerprint density at radius 3 is 2.29 bits per heavy atom. The van der Waals surface area contributed by atoms with Gasteiger partial charge < -0.3 is 15.0 Å². The van der Waals surface area contributed by atoms with E-state index in [1.165, 1.54) is 4.57 Å². The number of aryl methyl sites for hydroxylation is 1. The van der Waals surface area contributed by atoms with Crippen molar-refractivity contribution in [3.63, 3.8) is 0 Å². The number of nitrogen functional groups attached to an aromatic ring is 1. The maximum absolute atomic E-state index is 12.8. The second-order valence-electron chi connectivity index (χ2n) is 7.08. The van der Waals surface area contributed by atoms with Crippen LogP contribution in [-0.4, -0.2) is 32.1 Å². The van der Waals surface area contributed by atoms with E-state index in [0.29, 0.717) is 0 Å². The third kappa shape index (κ3) is 4.20. The van der Waals surface area contributed by atoms with E-state index in [2.05, 4.69) is 0 Å². The van der Waals surface area contributed by atoms with E-state index in [-0.39, 0.29) is 30.2 Å². The number of nitrogens with two attached hydrogens (primary N) is 1. The number of Topliss-reactive ketones (excluding diaryl/α,β-unsaturated/α-hetero) is 1. The third-order valence-corrected chi connectivity index (χ3v) is 5.16. The Morgan fingerprint density at radius 2 is 1.71 bits per heavy atom. The molecule has 31 heavy (non-hydrogen) atoms. The van der Waals surface area contributed by atoms with Gasteiger partial charge in [0.2, 0.25) is 5.78 Å². The van der Waals surface area contributed by atoms with Gasteiger partial charge in [-0.25, -0.2) is 9.59 Å². The van der Waals surface area contributed by atoms with Crippen LogP contribution in [0.3, 0.4) is 0 Å². The average Bonchev–Trinajstić information content (AvgIpc) is 3.09. The molecule has 162 valence electrons. The summed E-state index contributed by atoms with van der Waals surface area (Å²) >= 11 is 0. The number of anilines is 1. The van der Waals surface area contributed by atoms with Gasteiger partial charge in [0.1, 0.15) is 17.1 Å². The average molecular weight is 424 g/mol. The van der Waals surface area contributed by atoms with Gasteiger partial charge in [0.25, 0.3) is 5.56 Å². The molecule has 0 aliphatic carbocycles. The van der Waals surface area contributed by atoms with Crippen molar-refractivity contribution in [2.75, 3.05) is 12.3 Å². The summed E-state index contributed by atoms with van der Waals surface area (Å²) < 4.78 is 8.86. The molecule has 2 N–H and O–H groups in total. The monoisotopic (exact) mass is 424 g/mol. The van der Waals surface area contributed by atoms with E-state index in [1.54, 1.807) is 42.8 Å². The number of hydrogen-bond donors (Lipinski definition) is 1. The Hall–Kier alpha value is -3.88. The number of nitrogens with zero attached hydrogens (tertiary/aromatic N) is 3. The predicted octanol–water partition coefficient (Wildman–Crippen LogP) is 1.35. The molecule has 3 rings (SSSR count). The molecule has 0 radical (unpaired) electrons. The highest BCUT2D eigenvalue weighted by molar-refractivity contribution is 6.02. The zero-order valence-corrected chi connectivity index (χ0v) is 17.6. The fourth-order valence-electron chi connectivity index (χ4n) is 3.27. The quantitative estimate of drug-likeness (QED) is 0.452. The van der Waals surface area contributed by atoms with Crippen LogP contribution in [0.25, 0.3) is 0 Å². The van der Waals surface area contributed by atoms with Gasteiger partial charge >= 0.3 is 11.7 Å². The van der Waals surface area contributed by atoms with Crippen LogP contribution in [-0.2, 0) is 24.9 Å². The summed E-state index contributed by atoms with van der Waals surface area (Å²) in [6.45, 7) is 2.93. The largest absolute Gasteiger partial charge is 0.453 e. The third-order valence-electron chi connectivity index (χ3n) is 5.16. The van der Waals surface area contributed by atoms with E-state index >= 15 is 0 Å². The molecular formula is C22H24N4O5. The van der Waals surface area contributed by atoms with E-state index in [1.807, 2.05) is 25.1 Å². The summed E-state index contributed by atoms with van der Waals surface area (Å²) in [6.07, 6.45) is 0. The van der Waals surface area contributed by atoms with Crippen molar-refractivity contribution >= 4 is 17.6 Å². The van der Waals surface area contributed by atoms with Gasteiger partial charge in [-0.15, -0.1) is 0 Å². The van der Waals surface area contributed by atoms with Crippen LogP contribution in [0, 0.1) is 6.92 Å². The van der Waals surface area contributed by atoms with Crippen LogP contribution >= 0.6 is 0 Å². The van der Waals surface area contributed by atoms with Crippen LogP contribution < -0.4 is 17.0 Å². The molecule has 0 fully saturated rings. The molecule has 1 aromatic carbocycles. The molecular weight excluding hydrogens is 400 g/mol. The summed E-state index contributed by atoms with van der Waals surface area (Å²) in [5.41, 5.74) is 6.21. The number of rotatable bonds is 7. The van der Waals surface area contributed by atoms with Gasteiger partial charge in [-0.2, -0.15) is 0 Å². The molecule has 0 saturated heterocycles. The smallest absolute Gasteiger partial charge is 0.355 e. The number of benzene rings is 1. The van der Waals surface area contributed by atoms with Crippen molar-refractivity contribution in [1.82, 2.24) is 13.7 Å². The first-order valence-electron chi connectivity index (χ1n) is 9.75. The molecule has 0 aliphatic heterocycles. The van der Waals surface area contributed by atoms with Gasteiger partial charge in [-0.05, 0) is 31.5 Å². The van der Waals surface area contributed by atoms with E-state index in [0.717, 1.165) is 15.8 Å². The lowest BCUT2D eigenvalue weighted by Crippen LogP contribution is -2.44. The highest BCUT2D eigenvalue weighted by atomic mass is 16.5. The van der Waals surface area contributed by atoms with Gasteiger partial charge in [-0.3, -0.25) is 18.7 Å². The fraction of sp³-hybridized carbons (Fsp3) is 0.273.